The Morgan fingerprint density at radius 3 is 2.80 bits per heavy atom. The topological polar surface area (TPSA) is 32.8 Å². The van der Waals surface area contributed by atoms with Gasteiger partial charge in [-0.1, -0.05) is 0 Å². The Morgan fingerprint density at radius 2 is 2.15 bits per heavy atom. The Bertz CT molecular complexity index is 539. The molecule has 1 atom stereocenters. The van der Waals surface area contributed by atoms with Crippen molar-refractivity contribution in [3.05, 3.63) is 35.4 Å². The summed E-state index contributed by atoms with van der Waals surface area (Å²) in [6.45, 7) is 5.70. The second-order valence-corrected chi connectivity index (χ2v) is 6.20. The van der Waals surface area contributed by atoms with Crippen LogP contribution in [0.2, 0.25) is 0 Å². The Hall–Kier alpha value is -1.55. The molecule has 5 aliphatic rings. The van der Waals surface area contributed by atoms with Crippen LogP contribution < -0.4 is 0 Å². The summed E-state index contributed by atoms with van der Waals surface area (Å²) in [6.07, 6.45) is 8.89. The van der Waals surface area contributed by atoms with Gasteiger partial charge in [-0.2, -0.15) is 0 Å². The van der Waals surface area contributed by atoms with E-state index in [2.05, 4.69) is 28.3 Å². The first-order valence-electron chi connectivity index (χ1n) is 7.49. The minimum Gasteiger partial charge on any atom is -0.487 e. The lowest BCUT2D eigenvalue weighted by molar-refractivity contribution is -0.113. The van der Waals surface area contributed by atoms with E-state index >= 15 is 0 Å². The van der Waals surface area contributed by atoms with Crippen molar-refractivity contribution in [2.45, 2.75) is 25.8 Å². The predicted molar refractivity (Wildman–Crippen MR) is 75.7 cm³/mol. The number of rotatable bonds is 2. The van der Waals surface area contributed by atoms with Crippen molar-refractivity contribution in [3.8, 4) is 0 Å². The van der Waals surface area contributed by atoms with Gasteiger partial charge in [0, 0.05) is 36.1 Å². The fraction of sp³-hybridized carbons (Fsp3) is 0.562. The van der Waals surface area contributed by atoms with Gasteiger partial charge in [-0.15, -0.1) is 0 Å². The number of hydrogen-bond acceptors (Lipinski definition) is 4. The molecule has 0 aromatic heterocycles. The third-order valence-corrected chi connectivity index (χ3v) is 5.07. The van der Waals surface area contributed by atoms with Crippen LogP contribution in [0, 0.1) is 5.92 Å². The number of ether oxygens (including phenoxy) is 1. The van der Waals surface area contributed by atoms with Crippen molar-refractivity contribution < 1.29 is 9.53 Å². The molecule has 0 N–H and O–H groups in total. The smallest absolute Gasteiger partial charge is 0.159 e. The molecule has 3 saturated heterocycles. The van der Waals surface area contributed by atoms with Crippen LogP contribution in [0.4, 0.5) is 0 Å². The van der Waals surface area contributed by atoms with Crippen LogP contribution >= 0.6 is 0 Å². The standard InChI is InChI=1S/C16H20N2O2/c1-11(19)14-10-20-16-9-18(7-4-13(14)16)15-8-17-5-2-12(15)3-6-17/h4,7,9,12,15H,2-3,5-6,8,10H2,1H3/t15-/m0/s1. The van der Waals surface area contributed by atoms with Gasteiger partial charge in [0.1, 0.15) is 12.4 Å². The van der Waals surface area contributed by atoms with Gasteiger partial charge in [0.05, 0.1) is 0 Å². The minimum atomic E-state index is 0.115. The molecule has 5 rings (SSSR count). The van der Waals surface area contributed by atoms with E-state index in [0.717, 1.165) is 29.4 Å². The second-order valence-electron chi connectivity index (χ2n) is 6.20. The Kier molecular flexibility index (Phi) is 2.74. The van der Waals surface area contributed by atoms with E-state index < -0.39 is 0 Å². The molecule has 0 spiro atoms. The van der Waals surface area contributed by atoms with Gasteiger partial charge in [-0.05, 0) is 44.8 Å². The molecule has 0 amide bonds. The zero-order chi connectivity index (χ0) is 13.7. The largest absolute Gasteiger partial charge is 0.487 e. The quantitative estimate of drug-likeness (QED) is 0.765. The number of carbonyl (C=O) groups excluding carboxylic acids is 1. The van der Waals surface area contributed by atoms with Gasteiger partial charge in [-0.3, -0.25) is 4.79 Å². The molecule has 0 aliphatic carbocycles. The third-order valence-electron chi connectivity index (χ3n) is 5.07. The highest BCUT2D eigenvalue weighted by atomic mass is 16.5. The summed E-state index contributed by atoms with van der Waals surface area (Å²) in [5, 5.41) is 0. The number of allylic oxidation sites excluding steroid dienone is 1. The maximum Gasteiger partial charge on any atom is 0.159 e. The summed E-state index contributed by atoms with van der Waals surface area (Å²) in [5.41, 5.74) is 1.79. The molecule has 106 valence electrons. The predicted octanol–water partition coefficient (Wildman–Crippen LogP) is 1.67. The average Bonchev–Trinajstić information content (AvgIpc) is 2.91. The molecule has 20 heavy (non-hydrogen) atoms. The van der Waals surface area contributed by atoms with Crippen molar-refractivity contribution >= 4 is 5.78 Å². The summed E-state index contributed by atoms with van der Waals surface area (Å²) in [5.74, 6) is 1.78. The van der Waals surface area contributed by atoms with Crippen LogP contribution in [0.25, 0.3) is 0 Å². The molecule has 2 bridgehead atoms. The first kappa shape index (κ1) is 12.2. The van der Waals surface area contributed by atoms with E-state index in [1.54, 1.807) is 6.92 Å². The Labute approximate surface area is 119 Å². The van der Waals surface area contributed by atoms with Crippen molar-refractivity contribution in [3.63, 3.8) is 0 Å². The fourth-order valence-corrected chi connectivity index (χ4v) is 3.85. The number of ketones is 1. The van der Waals surface area contributed by atoms with Crippen LogP contribution in [-0.2, 0) is 9.53 Å². The van der Waals surface area contributed by atoms with Crippen molar-refractivity contribution in [1.82, 2.24) is 9.80 Å². The van der Waals surface area contributed by atoms with Gasteiger partial charge < -0.3 is 14.5 Å². The average molecular weight is 272 g/mol. The lowest BCUT2D eigenvalue weighted by Gasteiger charge is -2.48. The summed E-state index contributed by atoms with van der Waals surface area (Å²) in [7, 11) is 0. The highest BCUT2D eigenvalue weighted by Crippen LogP contribution is 2.35. The number of piperidine rings is 3. The van der Waals surface area contributed by atoms with E-state index in [0.29, 0.717) is 12.6 Å². The maximum absolute atomic E-state index is 11.6. The Morgan fingerprint density at radius 1 is 1.35 bits per heavy atom. The lowest BCUT2D eigenvalue weighted by atomic mass is 9.83. The van der Waals surface area contributed by atoms with E-state index in [1.165, 1.54) is 25.9 Å². The fourth-order valence-electron chi connectivity index (χ4n) is 3.85. The number of nitrogens with zero attached hydrogens (tertiary/aromatic N) is 2. The minimum absolute atomic E-state index is 0.115. The SMILES string of the molecule is CC(=O)C1=C2C=CN([C@H]3CN4CCC3CC4)C=C2OC1. The molecule has 0 unspecified atom stereocenters. The summed E-state index contributed by atoms with van der Waals surface area (Å²) in [4.78, 5) is 16.4. The molecule has 0 aromatic rings. The van der Waals surface area contributed by atoms with Gasteiger partial charge in [-0.25, -0.2) is 0 Å². The molecule has 4 nitrogen and oxygen atoms in total. The van der Waals surface area contributed by atoms with Gasteiger partial charge in [0.25, 0.3) is 0 Å². The van der Waals surface area contributed by atoms with Crippen LogP contribution in [-0.4, -0.2) is 47.9 Å². The zero-order valence-electron chi connectivity index (χ0n) is 11.8. The van der Waals surface area contributed by atoms with Gasteiger partial charge in [0.2, 0.25) is 0 Å². The molecular weight excluding hydrogens is 252 g/mol. The highest BCUT2D eigenvalue weighted by molar-refractivity contribution is 5.96. The van der Waals surface area contributed by atoms with Crippen molar-refractivity contribution in [2.75, 3.05) is 26.2 Å². The van der Waals surface area contributed by atoms with Crippen LogP contribution in [0.1, 0.15) is 19.8 Å². The highest BCUT2D eigenvalue weighted by Gasteiger charge is 2.37. The van der Waals surface area contributed by atoms with E-state index in [9.17, 15) is 4.79 Å². The third kappa shape index (κ3) is 1.82. The molecule has 5 heterocycles. The van der Waals surface area contributed by atoms with Crippen molar-refractivity contribution in [2.24, 2.45) is 5.92 Å². The summed E-state index contributed by atoms with van der Waals surface area (Å²) >= 11 is 0. The van der Waals surface area contributed by atoms with E-state index in [1.807, 2.05) is 0 Å². The maximum atomic E-state index is 11.6. The van der Waals surface area contributed by atoms with Crippen LogP contribution in [0.5, 0.6) is 0 Å². The van der Waals surface area contributed by atoms with Crippen LogP contribution in [0.3, 0.4) is 0 Å². The second kappa shape index (κ2) is 4.48. The van der Waals surface area contributed by atoms with Gasteiger partial charge >= 0.3 is 0 Å². The molecule has 0 saturated carbocycles. The molecule has 4 heteroatoms. The van der Waals surface area contributed by atoms with Gasteiger partial charge in [0.15, 0.2) is 5.78 Å². The van der Waals surface area contributed by atoms with E-state index in [-0.39, 0.29) is 5.78 Å². The first-order valence-corrected chi connectivity index (χ1v) is 7.49. The number of hydrogen-bond donors (Lipinski definition) is 0. The molecule has 3 fully saturated rings. The van der Waals surface area contributed by atoms with Crippen LogP contribution in [0.15, 0.2) is 35.4 Å². The zero-order valence-corrected chi connectivity index (χ0v) is 11.8. The number of carbonyl (C=O) groups is 1. The monoisotopic (exact) mass is 272 g/mol. The summed E-state index contributed by atoms with van der Waals surface area (Å²) in [6, 6.07) is 0.563. The first-order chi connectivity index (χ1) is 9.72. The van der Waals surface area contributed by atoms with E-state index in [4.69, 9.17) is 4.74 Å². The molecule has 5 aliphatic heterocycles. The molecule has 0 aromatic carbocycles. The molecular formula is C16H20N2O2. The van der Waals surface area contributed by atoms with Crippen molar-refractivity contribution in [1.29, 1.82) is 0 Å². The molecule has 0 radical (unpaired) electrons. The Balaban J connectivity index is 1.59. The summed E-state index contributed by atoms with van der Waals surface area (Å²) < 4.78 is 5.69. The number of Topliss-reactive ketones (excluding diaryl/α,β-unsaturated/α-hetero) is 1. The number of fused-ring (bicyclic) bond motifs is 4. The normalized spacial score (nSPS) is 35.0. The lowest BCUT2D eigenvalue weighted by Crippen LogP contribution is -2.55.